The number of benzene rings is 1. The van der Waals surface area contributed by atoms with Gasteiger partial charge in [-0.3, -0.25) is 0 Å². The van der Waals surface area contributed by atoms with E-state index in [1.54, 1.807) is 0 Å². The van der Waals surface area contributed by atoms with Crippen LogP contribution in [0.25, 0.3) is 0 Å². The summed E-state index contributed by atoms with van der Waals surface area (Å²) in [4.78, 5) is 2.29. The molecule has 4 nitrogen and oxygen atoms in total. The summed E-state index contributed by atoms with van der Waals surface area (Å²) in [5, 5.41) is 3.47. The number of rotatable bonds is 7. The van der Waals surface area contributed by atoms with Gasteiger partial charge in [-0.05, 0) is 25.6 Å². The third-order valence-electron chi connectivity index (χ3n) is 3.61. The van der Waals surface area contributed by atoms with Gasteiger partial charge in [-0.25, -0.2) is 0 Å². The van der Waals surface area contributed by atoms with E-state index in [1.807, 2.05) is 12.1 Å². The Labute approximate surface area is 128 Å². The molecule has 2 rings (SSSR count). The lowest BCUT2D eigenvalue weighted by Gasteiger charge is -2.30. The summed E-state index contributed by atoms with van der Waals surface area (Å²) in [6.45, 7) is 9.65. The zero-order valence-electron chi connectivity index (χ0n) is 13.5. The Hall–Kier alpha value is -1.10. The van der Waals surface area contributed by atoms with Crippen molar-refractivity contribution in [1.29, 1.82) is 0 Å². The van der Waals surface area contributed by atoms with Crippen molar-refractivity contribution < 1.29 is 9.47 Å². The normalized spacial score (nSPS) is 19.9. The zero-order chi connectivity index (χ0) is 15.1. The van der Waals surface area contributed by atoms with Gasteiger partial charge in [0, 0.05) is 25.2 Å². The van der Waals surface area contributed by atoms with Crippen LogP contribution in [0.3, 0.4) is 0 Å². The second kappa shape index (κ2) is 8.37. The van der Waals surface area contributed by atoms with Crippen LogP contribution in [0.2, 0.25) is 0 Å². The summed E-state index contributed by atoms with van der Waals surface area (Å²) in [6, 6.07) is 8.24. The molecule has 0 spiro atoms. The van der Waals surface area contributed by atoms with E-state index >= 15 is 0 Å². The van der Waals surface area contributed by atoms with E-state index in [0.717, 1.165) is 38.5 Å². The highest BCUT2D eigenvalue weighted by molar-refractivity contribution is 5.33. The van der Waals surface area contributed by atoms with Crippen LogP contribution in [0.1, 0.15) is 19.4 Å². The summed E-state index contributed by atoms with van der Waals surface area (Å²) in [5.41, 5.74) is 1.21. The van der Waals surface area contributed by atoms with E-state index in [0.29, 0.717) is 12.5 Å². The maximum Gasteiger partial charge on any atom is 0.123 e. The molecule has 1 aromatic rings. The first-order valence-corrected chi connectivity index (χ1v) is 7.86. The van der Waals surface area contributed by atoms with E-state index in [9.17, 15) is 0 Å². The van der Waals surface area contributed by atoms with Gasteiger partial charge < -0.3 is 19.7 Å². The molecular formula is C17H28N2O2. The lowest BCUT2D eigenvalue weighted by molar-refractivity contribution is -0.0404. The molecular weight excluding hydrogens is 264 g/mol. The molecule has 1 unspecified atom stereocenters. The van der Waals surface area contributed by atoms with Gasteiger partial charge in [-0.2, -0.15) is 0 Å². The molecule has 0 saturated carbocycles. The van der Waals surface area contributed by atoms with E-state index in [-0.39, 0.29) is 6.10 Å². The predicted octanol–water partition coefficient (Wildman–Crippen LogP) is 2.14. The SMILES string of the molecule is CC(C)CNCc1ccccc1OCC1CN(C)CCO1. The van der Waals surface area contributed by atoms with E-state index in [1.165, 1.54) is 5.56 Å². The van der Waals surface area contributed by atoms with Crippen LogP contribution >= 0.6 is 0 Å². The number of hydrogen-bond acceptors (Lipinski definition) is 4. The Morgan fingerprint density at radius 1 is 1.38 bits per heavy atom. The Morgan fingerprint density at radius 2 is 2.19 bits per heavy atom. The fourth-order valence-corrected chi connectivity index (χ4v) is 2.44. The summed E-state index contributed by atoms with van der Waals surface area (Å²) in [5.74, 6) is 1.62. The van der Waals surface area contributed by atoms with Crippen LogP contribution in [-0.2, 0) is 11.3 Å². The van der Waals surface area contributed by atoms with Crippen LogP contribution in [0.4, 0.5) is 0 Å². The van der Waals surface area contributed by atoms with Crippen LogP contribution in [0.15, 0.2) is 24.3 Å². The molecule has 1 N–H and O–H groups in total. The molecule has 0 bridgehead atoms. The van der Waals surface area contributed by atoms with Crippen molar-refractivity contribution in [2.75, 3.05) is 39.9 Å². The Morgan fingerprint density at radius 3 is 2.95 bits per heavy atom. The van der Waals surface area contributed by atoms with Crippen molar-refractivity contribution in [2.45, 2.75) is 26.5 Å². The molecule has 21 heavy (non-hydrogen) atoms. The second-order valence-electron chi connectivity index (χ2n) is 6.20. The highest BCUT2D eigenvalue weighted by Crippen LogP contribution is 2.18. The minimum absolute atomic E-state index is 0.167. The zero-order valence-corrected chi connectivity index (χ0v) is 13.5. The molecule has 0 aliphatic carbocycles. The lowest BCUT2D eigenvalue weighted by atomic mass is 10.2. The Kier molecular flexibility index (Phi) is 6.49. The van der Waals surface area contributed by atoms with Gasteiger partial charge in [0.05, 0.1) is 6.61 Å². The first-order valence-electron chi connectivity index (χ1n) is 7.86. The smallest absolute Gasteiger partial charge is 0.123 e. The fraction of sp³-hybridized carbons (Fsp3) is 0.647. The maximum atomic E-state index is 5.99. The van der Waals surface area contributed by atoms with Gasteiger partial charge in [-0.1, -0.05) is 32.0 Å². The fourth-order valence-electron chi connectivity index (χ4n) is 2.44. The number of ether oxygens (including phenoxy) is 2. The van der Waals surface area contributed by atoms with E-state index in [4.69, 9.17) is 9.47 Å². The number of nitrogens with one attached hydrogen (secondary N) is 1. The average molecular weight is 292 g/mol. The molecule has 1 aliphatic rings. The molecule has 1 aliphatic heterocycles. The first kappa shape index (κ1) is 16.3. The standard InChI is InChI=1S/C17H28N2O2/c1-14(2)10-18-11-15-6-4-5-7-17(15)21-13-16-12-19(3)8-9-20-16/h4-7,14,16,18H,8-13H2,1-3H3. The molecule has 118 valence electrons. The van der Waals surface area contributed by atoms with Crippen molar-refractivity contribution in [2.24, 2.45) is 5.92 Å². The van der Waals surface area contributed by atoms with Crippen molar-refractivity contribution in [3.05, 3.63) is 29.8 Å². The molecule has 0 radical (unpaired) electrons. The Balaban J connectivity index is 1.84. The number of nitrogens with zero attached hydrogens (tertiary/aromatic N) is 1. The van der Waals surface area contributed by atoms with Crippen molar-refractivity contribution >= 4 is 0 Å². The topological polar surface area (TPSA) is 33.7 Å². The third-order valence-corrected chi connectivity index (χ3v) is 3.61. The van der Waals surface area contributed by atoms with Crippen LogP contribution in [0.5, 0.6) is 5.75 Å². The molecule has 1 saturated heterocycles. The summed E-state index contributed by atoms with van der Waals surface area (Å²) in [6.07, 6.45) is 0.167. The van der Waals surface area contributed by atoms with Crippen LogP contribution < -0.4 is 10.1 Å². The minimum Gasteiger partial charge on any atom is -0.490 e. The lowest BCUT2D eigenvalue weighted by Crippen LogP contribution is -2.42. The molecule has 1 heterocycles. The number of likely N-dealkylation sites (N-methyl/N-ethyl adjacent to an activating group) is 1. The van der Waals surface area contributed by atoms with E-state index < -0.39 is 0 Å². The van der Waals surface area contributed by atoms with Crippen molar-refractivity contribution in [3.8, 4) is 5.75 Å². The van der Waals surface area contributed by atoms with Crippen molar-refractivity contribution in [1.82, 2.24) is 10.2 Å². The molecule has 1 aromatic carbocycles. The van der Waals surface area contributed by atoms with Gasteiger partial charge in [-0.15, -0.1) is 0 Å². The predicted molar refractivity (Wildman–Crippen MR) is 85.7 cm³/mol. The van der Waals surface area contributed by atoms with Gasteiger partial charge in [0.25, 0.3) is 0 Å². The highest BCUT2D eigenvalue weighted by Gasteiger charge is 2.18. The molecule has 1 atom stereocenters. The average Bonchev–Trinajstić information content (AvgIpc) is 2.46. The molecule has 0 aromatic heterocycles. The number of hydrogen-bond donors (Lipinski definition) is 1. The monoisotopic (exact) mass is 292 g/mol. The number of para-hydroxylation sites is 1. The largest absolute Gasteiger partial charge is 0.490 e. The molecule has 4 heteroatoms. The van der Waals surface area contributed by atoms with Crippen LogP contribution in [0, 0.1) is 5.92 Å². The van der Waals surface area contributed by atoms with Gasteiger partial charge in [0.1, 0.15) is 18.5 Å². The van der Waals surface area contributed by atoms with Gasteiger partial charge >= 0.3 is 0 Å². The number of morpholine rings is 1. The van der Waals surface area contributed by atoms with Crippen LogP contribution in [-0.4, -0.2) is 50.9 Å². The van der Waals surface area contributed by atoms with Gasteiger partial charge in [0.2, 0.25) is 0 Å². The first-order chi connectivity index (χ1) is 10.1. The van der Waals surface area contributed by atoms with Crippen molar-refractivity contribution in [3.63, 3.8) is 0 Å². The maximum absolute atomic E-state index is 5.99. The summed E-state index contributed by atoms with van der Waals surface area (Å²) in [7, 11) is 2.12. The molecule has 1 fully saturated rings. The third kappa shape index (κ3) is 5.65. The highest BCUT2D eigenvalue weighted by atomic mass is 16.5. The second-order valence-corrected chi connectivity index (χ2v) is 6.20. The minimum atomic E-state index is 0.167. The quantitative estimate of drug-likeness (QED) is 0.835. The Bertz CT molecular complexity index is 423. The van der Waals surface area contributed by atoms with E-state index in [2.05, 4.69) is 43.2 Å². The summed E-state index contributed by atoms with van der Waals surface area (Å²) >= 11 is 0. The summed E-state index contributed by atoms with van der Waals surface area (Å²) < 4.78 is 11.7. The van der Waals surface area contributed by atoms with Gasteiger partial charge in [0.15, 0.2) is 0 Å². The molecule has 0 amide bonds.